The molecule has 0 aliphatic carbocycles. The highest BCUT2D eigenvalue weighted by Gasteiger charge is 2.20. The number of thiophene rings is 1. The summed E-state index contributed by atoms with van der Waals surface area (Å²) < 4.78 is 7.52. The molecule has 0 saturated heterocycles. The molecule has 0 spiro atoms. The van der Waals surface area contributed by atoms with Gasteiger partial charge in [0.25, 0.3) is 5.91 Å². The summed E-state index contributed by atoms with van der Waals surface area (Å²) in [4.78, 5) is 23.3. The lowest BCUT2D eigenvalue weighted by Gasteiger charge is -2.10. The first-order chi connectivity index (χ1) is 15.6. The zero-order valence-electron chi connectivity index (χ0n) is 17.4. The van der Waals surface area contributed by atoms with Crippen LogP contribution in [0.5, 0.6) is 5.75 Å². The third-order valence-corrected chi connectivity index (χ3v) is 6.48. The standard InChI is InChI=1S/C23H19N5O2S2/c1-14-21-18(10-19(20-7-4-8-32-20)26-22(21)28(2)27-14)23(29)25-15-5-3-6-17(9-15)30-11-16-12-31-13-24-16/h3-10,12-13H,11H2,1-2H3,(H,25,29). The predicted molar refractivity (Wildman–Crippen MR) is 127 cm³/mol. The van der Waals surface area contributed by atoms with Crippen LogP contribution in [0.4, 0.5) is 5.69 Å². The first kappa shape index (κ1) is 20.3. The van der Waals surface area contributed by atoms with Crippen molar-refractivity contribution < 1.29 is 9.53 Å². The highest BCUT2D eigenvalue weighted by Crippen LogP contribution is 2.30. The van der Waals surface area contributed by atoms with Crippen LogP contribution in [0.1, 0.15) is 21.7 Å². The summed E-state index contributed by atoms with van der Waals surface area (Å²) in [6.07, 6.45) is 0. The van der Waals surface area contributed by atoms with Gasteiger partial charge >= 0.3 is 0 Å². The SMILES string of the molecule is Cc1nn(C)c2nc(-c3cccs3)cc(C(=O)Nc3cccc(OCc4cscn4)c3)c12. The largest absolute Gasteiger partial charge is 0.487 e. The van der Waals surface area contributed by atoms with Crippen molar-refractivity contribution in [2.75, 3.05) is 5.32 Å². The van der Waals surface area contributed by atoms with Crippen molar-refractivity contribution in [1.82, 2.24) is 19.7 Å². The predicted octanol–water partition coefficient (Wildman–Crippen LogP) is 5.29. The Balaban J connectivity index is 1.45. The monoisotopic (exact) mass is 461 g/mol. The van der Waals surface area contributed by atoms with Gasteiger partial charge in [0.2, 0.25) is 0 Å². The van der Waals surface area contributed by atoms with E-state index in [0.29, 0.717) is 29.3 Å². The molecule has 0 fully saturated rings. The van der Waals surface area contributed by atoms with E-state index in [-0.39, 0.29) is 5.91 Å². The normalized spacial score (nSPS) is 11.1. The van der Waals surface area contributed by atoms with Crippen LogP contribution in [0.2, 0.25) is 0 Å². The minimum absolute atomic E-state index is 0.219. The van der Waals surface area contributed by atoms with E-state index in [0.717, 1.165) is 27.3 Å². The van der Waals surface area contributed by atoms with Crippen LogP contribution in [0.25, 0.3) is 21.6 Å². The minimum atomic E-state index is -0.219. The number of benzene rings is 1. The number of nitrogens with zero attached hydrogens (tertiary/aromatic N) is 4. The third-order valence-electron chi connectivity index (χ3n) is 4.95. The van der Waals surface area contributed by atoms with Gasteiger partial charge in [0.15, 0.2) is 5.65 Å². The molecule has 0 unspecified atom stereocenters. The first-order valence-corrected chi connectivity index (χ1v) is 11.7. The minimum Gasteiger partial charge on any atom is -0.487 e. The van der Waals surface area contributed by atoms with Crippen LogP contribution >= 0.6 is 22.7 Å². The Hall–Kier alpha value is -3.56. The molecule has 5 aromatic rings. The van der Waals surface area contributed by atoms with Crippen LogP contribution in [0, 0.1) is 6.92 Å². The number of amides is 1. The number of pyridine rings is 1. The summed E-state index contributed by atoms with van der Waals surface area (Å²) in [5, 5.41) is 12.2. The zero-order chi connectivity index (χ0) is 22.1. The van der Waals surface area contributed by atoms with E-state index in [1.807, 2.05) is 61.1 Å². The van der Waals surface area contributed by atoms with E-state index >= 15 is 0 Å². The molecule has 0 atom stereocenters. The highest BCUT2D eigenvalue weighted by molar-refractivity contribution is 7.13. The van der Waals surface area contributed by atoms with Gasteiger partial charge in [-0.2, -0.15) is 5.10 Å². The number of hydrogen-bond donors (Lipinski definition) is 1. The molecule has 9 heteroatoms. The maximum atomic E-state index is 13.3. The molecule has 1 aromatic carbocycles. The lowest BCUT2D eigenvalue weighted by molar-refractivity contribution is 0.102. The first-order valence-electron chi connectivity index (χ1n) is 9.88. The molecular formula is C23H19N5O2S2. The van der Waals surface area contributed by atoms with Crippen LogP contribution in [0.15, 0.2) is 58.7 Å². The number of rotatable bonds is 6. The number of hydrogen-bond acceptors (Lipinski definition) is 7. The fourth-order valence-corrected chi connectivity index (χ4v) is 4.73. The van der Waals surface area contributed by atoms with Crippen LogP contribution in [-0.2, 0) is 13.7 Å². The summed E-state index contributed by atoms with van der Waals surface area (Å²) in [6.45, 7) is 2.27. The molecule has 4 aromatic heterocycles. The second-order valence-corrected chi connectivity index (χ2v) is 8.86. The lowest BCUT2D eigenvalue weighted by atomic mass is 10.1. The highest BCUT2D eigenvalue weighted by atomic mass is 32.1. The maximum absolute atomic E-state index is 13.3. The number of carbonyl (C=O) groups is 1. The number of aromatic nitrogens is 4. The van der Waals surface area contributed by atoms with Crippen molar-refractivity contribution in [2.45, 2.75) is 13.5 Å². The van der Waals surface area contributed by atoms with Crippen LogP contribution in [-0.4, -0.2) is 25.7 Å². The fourth-order valence-electron chi connectivity index (χ4n) is 3.50. The van der Waals surface area contributed by atoms with Crippen molar-refractivity contribution in [2.24, 2.45) is 7.05 Å². The van der Waals surface area contributed by atoms with E-state index in [1.165, 1.54) is 11.3 Å². The van der Waals surface area contributed by atoms with Gasteiger partial charge < -0.3 is 10.1 Å². The maximum Gasteiger partial charge on any atom is 0.256 e. The van der Waals surface area contributed by atoms with E-state index in [1.54, 1.807) is 27.6 Å². The molecule has 4 heterocycles. The number of aryl methyl sites for hydroxylation is 2. The van der Waals surface area contributed by atoms with Gasteiger partial charge in [-0.05, 0) is 36.6 Å². The van der Waals surface area contributed by atoms with Gasteiger partial charge in [-0.15, -0.1) is 22.7 Å². The number of thiazole rings is 1. The molecular weight excluding hydrogens is 442 g/mol. The summed E-state index contributed by atoms with van der Waals surface area (Å²) in [5.41, 5.74) is 6.03. The second-order valence-electron chi connectivity index (χ2n) is 7.19. The Morgan fingerprint density at radius 1 is 1.22 bits per heavy atom. The number of carbonyl (C=O) groups excluding carboxylic acids is 1. The molecule has 0 radical (unpaired) electrons. The third kappa shape index (κ3) is 4.00. The summed E-state index contributed by atoms with van der Waals surface area (Å²) in [6, 6.07) is 13.1. The molecule has 0 saturated carbocycles. The molecule has 5 rings (SSSR count). The number of ether oxygens (including phenoxy) is 1. The van der Waals surface area contributed by atoms with Gasteiger partial charge in [0.05, 0.1) is 38.4 Å². The van der Waals surface area contributed by atoms with Gasteiger partial charge in [-0.1, -0.05) is 12.1 Å². The van der Waals surface area contributed by atoms with E-state index < -0.39 is 0 Å². The number of fused-ring (bicyclic) bond motifs is 1. The molecule has 0 aliphatic heterocycles. The van der Waals surface area contributed by atoms with Crippen LogP contribution in [0.3, 0.4) is 0 Å². The molecule has 160 valence electrons. The molecule has 0 bridgehead atoms. The van der Waals surface area contributed by atoms with Crippen molar-refractivity contribution in [3.05, 3.63) is 75.7 Å². The van der Waals surface area contributed by atoms with Gasteiger partial charge in [-0.3, -0.25) is 9.48 Å². The Morgan fingerprint density at radius 3 is 2.91 bits per heavy atom. The Kier molecular flexibility index (Phi) is 5.42. The second kappa shape index (κ2) is 8.52. The number of anilines is 1. The van der Waals surface area contributed by atoms with Gasteiger partial charge in [0.1, 0.15) is 12.4 Å². The summed E-state index contributed by atoms with van der Waals surface area (Å²) in [7, 11) is 1.84. The number of nitrogens with one attached hydrogen (secondary N) is 1. The molecule has 1 N–H and O–H groups in total. The van der Waals surface area contributed by atoms with Crippen molar-refractivity contribution >= 4 is 45.3 Å². The summed E-state index contributed by atoms with van der Waals surface area (Å²) in [5.74, 6) is 0.440. The van der Waals surface area contributed by atoms with Crippen molar-refractivity contribution in [3.63, 3.8) is 0 Å². The molecule has 0 aliphatic rings. The Labute approximate surface area is 192 Å². The van der Waals surface area contributed by atoms with Crippen LogP contribution < -0.4 is 10.1 Å². The average Bonchev–Trinajstić information content (AvgIpc) is 3.55. The molecule has 7 nitrogen and oxygen atoms in total. The van der Waals surface area contributed by atoms with E-state index in [2.05, 4.69) is 15.4 Å². The average molecular weight is 462 g/mol. The molecule has 32 heavy (non-hydrogen) atoms. The van der Waals surface area contributed by atoms with Gasteiger partial charge in [-0.25, -0.2) is 9.97 Å². The smallest absolute Gasteiger partial charge is 0.256 e. The fraction of sp³-hybridized carbons (Fsp3) is 0.130. The lowest BCUT2D eigenvalue weighted by Crippen LogP contribution is -2.13. The van der Waals surface area contributed by atoms with Crippen molar-refractivity contribution in [3.8, 4) is 16.3 Å². The van der Waals surface area contributed by atoms with Gasteiger partial charge in [0, 0.05) is 24.2 Å². The summed E-state index contributed by atoms with van der Waals surface area (Å²) >= 11 is 3.11. The molecule has 1 amide bonds. The Bertz CT molecular complexity index is 1390. The van der Waals surface area contributed by atoms with E-state index in [9.17, 15) is 4.79 Å². The topological polar surface area (TPSA) is 81.9 Å². The quantitative estimate of drug-likeness (QED) is 0.371. The zero-order valence-corrected chi connectivity index (χ0v) is 19.0. The Morgan fingerprint density at radius 2 is 2.12 bits per heavy atom. The van der Waals surface area contributed by atoms with Crippen molar-refractivity contribution in [1.29, 1.82) is 0 Å². The van der Waals surface area contributed by atoms with E-state index in [4.69, 9.17) is 9.72 Å².